The van der Waals surface area contributed by atoms with Crippen molar-refractivity contribution >= 4 is 13.7 Å². The summed E-state index contributed by atoms with van der Waals surface area (Å²) in [5, 5.41) is 13.8. The number of phosphoric acid groups is 1. The summed E-state index contributed by atoms with van der Waals surface area (Å²) in [7, 11) is 1.52. The molecule has 0 aromatic rings. The number of phosphoric ester groups is 1. The van der Waals surface area contributed by atoms with Crippen molar-refractivity contribution in [1.29, 1.82) is 0 Å². The van der Waals surface area contributed by atoms with Crippen LogP contribution in [0.4, 0.5) is 0 Å². The highest BCUT2D eigenvalue weighted by Crippen LogP contribution is 2.43. The zero-order chi connectivity index (χ0) is 42.8. The Morgan fingerprint density at radius 2 is 1.00 bits per heavy atom. The molecule has 0 saturated heterocycles. The Balaban J connectivity index is 4.41. The number of nitrogens with zero attached hydrogens (tertiary/aromatic N) is 1. The van der Waals surface area contributed by atoms with Crippen molar-refractivity contribution in [2.24, 2.45) is 0 Å². The maximum absolute atomic E-state index is 12.8. The number of nitrogens with one attached hydrogen (secondary N) is 1. The van der Waals surface area contributed by atoms with Crippen LogP contribution in [0.5, 0.6) is 0 Å². The van der Waals surface area contributed by atoms with Gasteiger partial charge in [-0.2, -0.15) is 0 Å². The van der Waals surface area contributed by atoms with Gasteiger partial charge in [0.25, 0.3) is 0 Å². The van der Waals surface area contributed by atoms with Gasteiger partial charge in [-0.25, -0.2) is 4.57 Å². The van der Waals surface area contributed by atoms with E-state index in [-0.39, 0.29) is 25.5 Å². The highest BCUT2D eigenvalue weighted by atomic mass is 31.2. The number of allylic oxidation sites excluding steroid dienone is 7. The summed E-state index contributed by atoms with van der Waals surface area (Å²) in [6, 6.07) is -0.893. The molecule has 9 heteroatoms. The molecule has 0 aliphatic heterocycles. The number of aliphatic hydroxyl groups excluding tert-OH is 1. The van der Waals surface area contributed by atoms with E-state index in [4.69, 9.17) is 9.05 Å². The number of unbranched alkanes of at least 4 members (excludes halogenated alkanes) is 24. The van der Waals surface area contributed by atoms with Crippen LogP contribution >= 0.6 is 7.82 Å². The second-order valence-corrected chi connectivity index (χ2v) is 18.9. The van der Waals surface area contributed by atoms with E-state index in [2.05, 4.69) is 49.5 Å². The molecule has 0 heterocycles. The van der Waals surface area contributed by atoms with Gasteiger partial charge in [0, 0.05) is 6.42 Å². The molecule has 3 atom stereocenters. The van der Waals surface area contributed by atoms with Crippen LogP contribution in [0.1, 0.15) is 206 Å². The molecule has 0 fully saturated rings. The number of likely N-dealkylation sites (N-methyl/N-ethyl adjacent to an activating group) is 1. The summed E-state index contributed by atoms with van der Waals surface area (Å²) < 4.78 is 23.5. The van der Waals surface area contributed by atoms with Crippen LogP contribution in [0, 0.1) is 0 Å². The van der Waals surface area contributed by atoms with Crippen LogP contribution in [0.15, 0.2) is 48.6 Å². The van der Waals surface area contributed by atoms with E-state index in [1.54, 1.807) is 6.08 Å². The lowest BCUT2D eigenvalue weighted by Crippen LogP contribution is -2.45. The van der Waals surface area contributed by atoms with Gasteiger partial charge >= 0.3 is 7.82 Å². The molecule has 1 amide bonds. The molecule has 0 bridgehead atoms. The molecular formula is C49H94N2O6P+. The van der Waals surface area contributed by atoms with E-state index in [9.17, 15) is 19.4 Å². The molecule has 0 aromatic carbocycles. The minimum absolute atomic E-state index is 0.0460. The number of carbonyl (C=O) groups excluding carboxylic acids is 1. The first-order valence-corrected chi connectivity index (χ1v) is 25.5. The number of amides is 1. The summed E-state index contributed by atoms with van der Waals surface area (Å²) in [4.78, 5) is 23.1. The van der Waals surface area contributed by atoms with Crippen molar-refractivity contribution in [3.05, 3.63) is 48.6 Å². The quantitative estimate of drug-likeness (QED) is 0.0244. The molecule has 0 aromatic heterocycles. The van der Waals surface area contributed by atoms with Crippen molar-refractivity contribution in [2.45, 2.75) is 219 Å². The summed E-state index contributed by atoms with van der Waals surface area (Å²) in [5.74, 6) is -0.254. The number of hydrogen-bond acceptors (Lipinski definition) is 5. The topological polar surface area (TPSA) is 105 Å². The first-order chi connectivity index (χ1) is 28.0. The van der Waals surface area contributed by atoms with Gasteiger partial charge in [-0.05, 0) is 51.4 Å². The van der Waals surface area contributed by atoms with E-state index < -0.39 is 20.0 Å². The largest absolute Gasteiger partial charge is 0.472 e. The summed E-state index contributed by atoms with van der Waals surface area (Å²) in [5.41, 5.74) is 0. The minimum atomic E-state index is -4.36. The molecule has 0 rings (SSSR count). The normalized spacial score (nSPS) is 14.7. The third-order valence-corrected chi connectivity index (χ3v) is 11.5. The third kappa shape index (κ3) is 42.6. The molecule has 0 aliphatic rings. The molecule has 0 aliphatic carbocycles. The molecule has 0 saturated carbocycles. The highest BCUT2D eigenvalue weighted by Gasteiger charge is 2.27. The summed E-state index contributed by atoms with van der Waals surface area (Å²) in [6.45, 7) is 4.74. The number of carbonyl (C=O) groups is 1. The molecule has 3 unspecified atom stereocenters. The Bertz CT molecular complexity index is 1090. The minimum Gasteiger partial charge on any atom is -0.387 e. The van der Waals surface area contributed by atoms with Crippen molar-refractivity contribution < 1.29 is 32.9 Å². The fourth-order valence-corrected chi connectivity index (χ4v) is 7.43. The van der Waals surface area contributed by atoms with E-state index in [0.29, 0.717) is 17.4 Å². The molecule has 58 heavy (non-hydrogen) atoms. The van der Waals surface area contributed by atoms with Gasteiger partial charge < -0.3 is 19.8 Å². The van der Waals surface area contributed by atoms with Gasteiger partial charge in [0.05, 0.1) is 39.9 Å². The second kappa shape index (κ2) is 40.8. The van der Waals surface area contributed by atoms with Gasteiger partial charge in [-0.1, -0.05) is 197 Å². The van der Waals surface area contributed by atoms with Crippen molar-refractivity contribution in [1.82, 2.24) is 5.32 Å². The van der Waals surface area contributed by atoms with E-state index in [0.717, 1.165) is 32.1 Å². The predicted molar refractivity (Wildman–Crippen MR) is 249 cm³/mol. The molecule has 340 valence electrons. The van der Waals surface area contributed by atoms with Crippen molar-refractivity contribution in [3.8, 4) is 0 Å². The lowest BCUT2D eigenvalue weighted by Gasteiger charge is -2.25. The Labute approximate surface area is 359 Å². The van der Waals surface area contributed by atoms with E-state index >= 15 is 0 Å². The number of rotatable bonds is 43. The fourth-order valence-electron chi connectivity index (χ4n) is 6.70. The van der Waals surface area contributed by atoms with Gasteiger partial charge in [0.15, 0.2) is 0 Å². The Morgan fingerprint density at radius 3 is 1.48 bits per heavy atom. The highest BCUT2D eigenvalue weighted by molar-refractivity contribution is 7.47. The average Bonchev–Trinajstić information content (AvgIpc) is 3.17. The van der Waals surface area contributed by atoms with Crippen molar-refractivity contribution in [2.75, 3.05) is 40.9 Å². The predicted octanol–water partition coefficient (Wildman–Crippen LogP) is 13.6. The van der Waals surface area contributed by atoms with Crippen LogP contribution in [0.25, 0.3) is 0 Å². The van der Waals surface area contributed by atoms with Crippen LogP contribution < -0.4 is 5.32 Å². The zero-order valence-corrected chi connectivity index (χ0v) is 39.4. The van der Waals surface area contributed by atoms with Crippen LogP contribution in [0.2, 0.25) is 0 Å². The van der Waals surface area contributed by atoms with Gasteiger partial charge in [0.2, 0.25) is 5.91 Å². The first-order valence-electron chi connectivity index (χ1n) is 24.0. The Hall–Kier alpha value is -1.54. The molecule has 0 spiro atoms. The van der Waals surface area contributed by atoms with E-state index in [1.807, 2.05) is 33.3 Å². The second-order valence-electron chi connectivity index (χ2n) is 17.5. The number of aliphatic hydroxyl groups is 1. The lowest BCUT2D eigenvalue weighted by atomic mass is 10.0. The molecular weight excluding hydrogens is 744 g/mol. The van der Waals surface area contributed by atoms with Crippen LogP contribution in [0.3, 0.4) is 0 Å². The fraction of sp³-hybridized carbons (Fsp3) is 0.816. The van der Waals surface area contributed by atoms with Gasteiger partial charge in [0.1, 0.15) is 13.2 Å². The van der Waals surface area contributed by atoms with Crippen LogP contribution in [-0.2, 0) is 18.4 Å². The SMILES string of the molecule is CCCCCCCC/C=C\C/C=C\CCC(=O)NC(COP(=O)(O)OCC[N+](C)(C)C)C(O)/C=C/CC/C=C/CCCCCCCCCCCCCCCCCCC. The summed E-state index contributed by atoms with van der Waals surface area (Å²) >= 11 is 0. The number of hydrogen-bond donors (Lipinski definition) is 3. The third-order valence-electron chi connectivity index (χ3n) is 10.5. The summed E-state index contributed by atoms with van der Waals surface area (Å²) in [6.07, 6.45) is 52.2. The maximum Gasteiger partial charge on any atom is 0.472 e. The molecule has 8 nitrogen and oxygen atoms in total. The standard InChI is InChI=1S/C49H93N2O6P/c1-6-8-10-12-14-16-18-20-21-22-23-24-25-26-27-28-29-31-32-34-36-38-40-42-48(52)47(46-57-58(54,55)56-45-44-51(3,4)5)50-49(53)43-41-39-37-35-33-30-19-17-15-13-11-9-7-2/h30,32-34,37,39-40,42,47-48,52H,6-29,31,35-36,38,41,43-46H2,1-5H3,(H-,50,53,54,55)/p+1/b33-30-,34-32+,39-37-,42-40+. The van der Waals surface area contributed by atoms with Crippen molar-refractivity contribution in [3.63, 3.8) is 0 Å². The van der Waals surface area contributed by atoms with Crippen LogP contribution in [-0.4, -0.2) is 73.4 Å². The smallest absolute Gasteiger partial charge is 0.387 e. The Morgan fingerprint density at radius 1 is 0.586 bits per heavy atom. The zero-order valence-electron chi connectivity index (χ0n) is 38.5. The maximum atomic E-state index is 12.8. The average molecular weight is 838 g/mol. The number of quaternary nitrogens is 1. The van der Waals surface area contributed by atoms with Gasteiger partial charge in [-0.15, -0.1) is 0 Å². The monoisotopic (exact) mass is 838 g/mol. The van der Waals surface area contributed by atoms with E-state index in [1.165, 1.54) is 148 Å². The Kier molecular flexibility index (Phi) is 39.8. The first kappa shape index (κ1) is 56.5. The lowest BCUT2D eigenvalue weighted by molar-refractivity contribution is -0.870. The molecule has 3 N–H and O–H groups in total. The molecule has 0 radical (unpaired) electrons. The van der Waals surface area contributed by atoms with Gasteiger partial charge in [-0.3, -0.25) is 13.8 Å².